The van der Waals surface area contributed by atoms with E-state index in [0.29, 0.717) is 23.7 Å². The standard InChI is InChI=1S/C20H26N2O2/c1-3-22-17-12-21(14-8-4-5-9-14)13-20(17,2)18(23)15-10-6-7-11-16(15)19(22)24/h6-7,10-11,14,17H,3-5,8-9,12-13H2,1-2H3/t17-,20+/m1/s1. The van der Waals surface area contributed by atoms with Crippen LogP contribution in [0.25, 0.3) is 0 Å². The lowest BCUT2D eigenvalue weighted by Gasteiger charge is -2.34. The lowest BCUT2D eigenvalue weighted by molar-refractivity contribution is 0.0560. The van der Waals surface area contributed by atoms with Gasteiger partial charge in [-0.15, -0.1) is 0 Å². The molecular formula is C20H26N2O2. The zero-order chi connectivity index (χ0) is 16.9. The predicted molar refractivity (Wildman–Crippen MR) is 93.2 cm³/mol. The van der Waals surface area contributed by atoms with Gasteiger partial charge in [0, 0.05) is 31.2 Å². The van der Waals surface area contributed by atoms with Crippen LogP contribution in [0.1, 0.15) is 60.2 Å². The van der Waals surface area contributed by atoms with Gasteiger partial charge in [-0.1, -0.05) is 31.0 Å². The minimum atomic E-state index is -0.499. The average Bonchev–Trinajstić information content (AvgIpc) is 3.22. The number of likely N-dealkylation sites (tertiary alicyclic amines) is 1. The summed E-state index contributed by atoms with van der Waals surface area (Å²) in [6.45, 7) is 6.36. The second-order valence-corrected chi connectivity index (χ2v) is 7.77. The fourth-order valence-electron chi connectivity index (χ4n) is 5.06. The minimum absolute atomic E-state index is 0.0171. The number of carbonyl (C=O) groups is 2. The number of hydrogen-bond acceptors (Lipinski definition) is 3. The molecule has 1 aromatic carbocycles. The highest BCUT2D eigenvalue weighted by Crippen LogP contribution is 2.43. The van der Waals surface area contributed by atoms with Crippen LogP contribution in [0.3, 0.4) is 0 Å². The van der Waals surface area contributed by atoms with E-state index in [1.165, 1.54) is 25.7 Å². The third-order valence-corrected chi connectivity index (χ3v) is 6.41. The van der Waals surface area contributed by atoms with Crippen LogP contribution in [-0.4, -0.2) is 53.2 Å². The van der Waals surface area contributed by atoms with Gasteiger partial charge in [0.25, 0.3) is 5.91 Å². The molecule has 0 N–H and O–H groups in total. The van der Waals surface area contributed by atoms with Crippen LogP contribution in [-0.2, 0) is 0 Å². The lowest BCUT2D eigenvalue weighted by atomic mass is 9.78. The van der Waals surface area contributed by atoms with Gasteiger partial charge < -0.3 is 4.90 Å². The summed E-state index contributed by atoms with van der Waals surface area (Å²) in [4.78, 5) is 30.9. The van der Waals surface area contributed by atoms with Crippen molar-refractivity contribution in [2.75, 3.05) is 19.6 Å². The molecule has 0 radical (unpaired) electrons. The molecule has 4 nitrogen and oxygen atoms in total. The molecule has 3 aliphatic rings. The SMILES string of the molecule is CCN1C(=O)c2ccccc2C(=O)[C@@]2(C)CN(C3CCCC3)C[C@@H]12. The lowest BCUT2D eigenvalue weighted by Crippen LogP contribution is -2.49. The molecule has 0 unspecified atom stereocenters. The predicted octanol–water partition coefficient (Wildman–Crippen LogP) is 2.98. The molecule has 0 spiro atoms. The Hall–Kier alpha value is -1.68. The molecule has 128 valence electrons. The first-order chi connectivity index (χ1) is 11.6. The van der Waals surface area contributed by atoms with Gasteiger partial charge >= 0.3 is 0 Å². The van der Waals surface area contributed by atoms with Gasteiger partial charge in [0.2, 0.25) is 0 Å². The molecule has 2 fully saturated rings. The Bertz CT molecular complexity index is 680. The van der Waals surface area contributed by atoms with Gasteiger partial charge in [-0.25, -0.2) is 0 Å². The number of hydrogen-bond donors (Lipinski definition) is 0. The zero-order valence-electron chi connectivity index (χ0n) is 14.6. The quantitative estimate of drug-likeness (QED) is 0.839. The summed E-state index contributed by atoms with van der Waals surface area (Å²) in [7, 11) is 0. The van der Waals surface area contributed by atoms with Crippen molar-refractivity contribution in [3.63, 3.8) is 0 Å². The van der Waals surface area contributed by atoms with Crippen LogP contribution in [0.15, 0.2) is 24.3 Å². The Labute approximate surface area is 143 Å². The molecule has 1 aromatic rings. The molecule has 1 saturated carbocycles. The van der Waals surface area contributed by atoms with Gasteiger partial charge in [-0.2, -0.15) is 0 Å². The first kappa shape index (κ1) is 15.8. The topological polar surface area (TPSA) is 40.6 Å². The summed E-state index contributed by atoms with van der Waals surface area (Å²) in [6, 6.07) is 7.92. The molecule has 2 heterocycles. The Balaban J connectivity index is 1.78. The number of Topliss-reactive ketones (excluding diaryl/α,β-unsaturated/α-hetero) is 1. The van der Waals surface area contributed by atoms with Crippen molar-refractivity contribution in [3.05, 3.63) is 35.4 Å². The molecule has 2 aliphatic heterocycles. The summed E-state index contributed by atoms with van der Waals surface area (Å²) in [5.74, 6) is 0.163. The molecule has 2 atom stereocenters. The maximum Gasteiger partial charge on any atom is 0.254 e. The van der Waals surface area contributed by atoms with E-state index in [9.17, 15) is 9.59 Å². The first-order valence-corrected chi connectivity index (χ1v) is 9.25. The Morgan fingerprint density at radius 2 is 1.79 bits per heavy atom. The second-order valence-electron chi connectivity index (χ2n) is 7.77. The van der Waals surface area contributed by atoms with Gasteiger partial charge in [0.15, 0.2) is 5.78 Å². The van der Waals surface area contributed by atoms with Crippen molar-refractivity contribution < 1.29 is 9.59 Å². The number of ketones is 1. The number of likely N-dealkylation sites (N-methyl/N-ethyl adjacent to an activating group) is 1. The van der Waals surface area contributed by atoms with Crippen molar-refractivity contribution >= 4 is 11.7 Å². The Morgan fingerprint density at radius 1 is 1.12 bits per heavy atom. The van der Waals surface area contributed by atoms with Crippen molar-refractivity contribution in [1.29, 1.82) is 0 Å². The number of fused-ring (bicyclic) bond motifs is 2. The van der Waals surface area contributed by atoms with Crippen LogP contribution in [0.4, 0.5) is 0 Å². The van der Waals surface area contributed by atoms with E-state index in [1.807, 2.05) is 30.0 Å². The van der Waals surface area contributed by atoms with Gasteiger partial charge in [-0.05, 0) is 32.8 Å². The van der Waals surface area contributed by atoms with E-state index in [0.717, 1.165) is 13.1 Å². The normalized spacial score (nSPS) is 31.2. The van der Waals surface area contributed by atoms with Crippen molar-refractivity contribution in [1.82, 2.24) is 9.80 Å². The second kappa shape index (κ2) is 5.69. The maximum atomic E-state index is 13.4. The van der Waals surface area contributed by atoms with E-state index in [-0.39, 0.29) is 17.7 Å². The van der Waals surface area contributed by atoms with E-state index in [2.05, 4.69) is 11.8 Å². The van der Waals surface area contributed by atoms with Crippen LogP contribution < -0.4 is 0 Å². The molecule has 0 aromatic heterocycles. The summed E-state index contributed by atoms with van der Waals surface area (Å²) in [5, 5.41) is 0. The van der Waals surface area contributed by atoms with Crippen molar-refractivity contribution in [3.8, 4) is 0 Å². The third-order valence-electron chi connectivity index (χ3n) is 6.41. The zero-order valence-corrected chi connectivity index (χ0v) is 14.6. The molecule has 4 rings (SSSR count). The summed E-state index contributed by atoms with van der Waals surface area (Å²) in [6.07, 6.45) is 5.03. The van der Waals surface area contributed by atoms with E-state index in [1.54, 1.807) is 6.07 Å². The third kappa shape index (κ3) is 2.16. The van der Waals surface area contributed by atoms with E-state index >= 15 is 0 Å². The smallest absolute Gasteiger partial charge is 0.254 e. The fourth-order valence-corrected chi connectivity index (χ4v) is 5.06. The summed E-state index contributed by atoms with van der Waals surface area (Å²) < 4.78 is 0. The molecule has 0 bridgehead atoms. The van der Waals surface area contributed by atoms with Crippen LogP contribution >= 0.6 is 0 Å². The van der Waals surface area contributed by atoms with Crippen LogP contribution in [0, 0.1) is 5.41 Å². The Kier molecular flexibility index (Phi) is 3.75. The van der Waals surface area contributed by atoms with Gasteiger partial charge in [0.1, 0.15) is 0 Å². The monoisotopic (exact) mass is 326 g/mol. The molecule has 4 heteroatoms. The highest BCUT2D eigenvalue weighted by atomic mass is 16.2. The molecular weight excluding hydrogens is 300 g/mol. The first-order valence-electron chi connectivity index (χ1n) is 9.25. The molecule has 1 saturated heterocycles. The van der Waals surface area contributed by atoms with E-state index in [4.69, 9.17) is 0 Å². The molecule has 24 heavy (non-hydrogen) atoms. The number of benzene rings is 1. The highest BCUT2D eigenvalue weighted by Gasteiger charge is 2.55. The van der Waals surface area contributed by atoms with Crippen LogP contribution in [0.5, 0.6) is 0 Å². The average molecular weight is 326 g/mol. The number of nitrogens with zero attached hydrogens (tertiary/aromatic N) is 2. The number of rotatable bonds is 2. The van der Waals surface area contributed by atoms with Gasteiger partial charge in [0.05, 0.1) is 17.0 Å². The fraction of sp³-hybridized carbons (Fsp3) is 0.600. The van der Waals surface area contributed by atoms with Gasteiger partial charge in [-0.3, -0.25) is 14.5 Å². The Morgan fingerprint density at radius 3 is 2.46 bits per heavy atom. The van der Waals surface area contributed by atoms with Crippen LogP contribution in [0.2, 0.25) is 0 Å². The number of carbonyl (C=O) groups excluding carboxylic acids is 2. The summed E-state index contributed by atoms with van der Waals surface area (Å²) >= 11 is 0. The van der Waals surface area contributed by atoms with Crippen molar-refractivity contribution in [2.45, 2.75) is 51.6 Å². The maximum absolute atomic E-state index is 13.4. The number of amides is 1. The largest absolute Gasteiger partial charge is 0.334 e. The molecule has 1 aliphatic carbocycles. The highest BCUT2D eigenvalue weighted by molar-refractivity contribution is 6.12. The molecule has 1 amide bonds. The van der Waals surface area contributed by atoms with Crippen molar-refractivity contribution in [2.24, 2.45) is 5.41 Å². The minimum Gasteiger partial charge on any atom is -0.334 e. The van der Waals surface area contributed by atoms with E-state index < -0.39 is 5.41 Å². The summed E-state index contributed by atoms with van der Waals surface area (Å²) in [5.41, 5.74) is 0.688.